The summed E-state index contributed by atoms with van der Waals surface area (Å²) in [6.07, 6.45) is 6.74. The van der Waals surface area contributed by atoms with Crippen LogP contribution in [-0.4, -0.2) is 4.57 Å². The number of fused-ring (bicyclic) bond motifs is 6. The lowest BCUT2D eigenvalue weighted by atomic mass is 9.98. The molecular weight excluding hydrogens is 548 g/mol. The summed E-state index contributed by atoms with van der Waals surface area (Å²) in [5.74, 6) is 0. The first-order chi connectivity index (χ1) is 22.3. The number of rotatable bonds is 5. The van der Waals surface area contributed by atoms with E-state index in [0.29, 0.717) is 0 Å². The van der Waals surface area contributed by atoms with Gasteiger partial charge in [0.05, 0.1) is 5.52 Å². The molecule has 0 spiro atoms. The van der Waals surface area contributed by atoms with Crippen LogP contribution in [0.2, 0.25) is 0 Å². The Morgan fingerprint density at radius 3 is 2.07 bits per heavy atom. The van der Waals surface area contributed by atoms with Crippen LogP contribution < -0.4 is 4.90 Å². The first kappa shape index (κ1) is 25.7. The van der Waals surface area contributed by atoms with Crippen molar-refractivity contribution in [3.63, 3.8) is 0 Å². The number of allylic oxidation sites excluding steroid dienone is 1. The Morgan fingerprint density at radius 2 is 1.22 bits per heavy atom. The average molecular weight is 579 g/mol. The summed E-state index contributed by atoms with van der Waals surface area (Å²) in [6, 6.07) is 51.9. The van der Waals surface area contributed by atoms with Gasteiger partial charge in [-0.15, -0.1) is 0 Å². The molecule has 1 aliphatic rings. The van der Waals surface area contributed by atoms with Gasteiger partial charge in [0.1, 0.15) is 11.2 Å². The minimum atomic E-state index is 0.900. The fourth-order valence-corrected chi connectivity index (χ4v) is 6.95. The lowest BCUT2D eigenvalue weighted by Crippen LogP contribution is -2.09. The standard InChI is InChI=1S/C42H30N2O/c1-3-11-31(12-4-1)43(34-24-26-42-38(28-34)36-16-8-10-18-41(36)45-42)33-22-19-29(20-23-33)30-21-25-40-37(27-30)35-15-7-9-17-39(35)44(40)32-13-5-2-6-14-32/h1-8,10-16,18-28H,9,17H2. The number of nitrogens with zero attached hydrogens (tertiary/aromatic N) is 2. The molecule has 45 heavy (non-hydrogen) atoms. The van der Waals surface area contributed by atoms with Crippen LogP contribution >= 0.6 is 0 Å². The monoisotopic (exact) mass is 578 g/mol. The fourth-order valence-electron chi connectivity index (χ4n) is 6.95. The van der Waals surface area contributed by atoms with Crippen molar-refractivity contribution in [1.82, 2.24) is 4.57 Å². The van der Waals surface area contributed by atoms with E-state index < -0.39 is 0 Å². The van der Waals surface area contributed by atoms with Crippen molar-refractivity contribution in [2.24, 2.45) is 0 Å². The van der Waals surface area contributed by atoms with Crippen LogP contribution in [0.15, 0.2) is 156 Å². The molecule has 2 aromatic heterocycles. The molecule has 3 nitrogen and oxygen atoms in total. The van der Waals surface area contributed by atoms with Crippen LogP contribution in [0, 0.1) is 0 Å². The van der Waals surface area contributed by atoms with Gasteiger partial charge in [0.2, 0.25) is 0 Å². The SMILES string of the molecule is C1=Cc2c(n(-c3ccccc3)c3ccc(-c4ccc(N(c5ccccc5)c5ccc6oc7ccccc7c6c5)cc4)cc23)CC1. The minimum Gasteiger partial charge on any atom is -0.456 e. The van der Waals surface area contributed by atoms with Crippen LogP contribution in [0.3, 0.4) is 0 Å². The van der Waals surface area contributed by atoms with Gasteiger partial charge in [0.25, 0.3) is 0 Å². The van der Waals surface area contributed by atoms with Crippen molar-refractivity contribution in [2.75, 3.05) is 4.90 Å². The Bertz CT molecular complexity index is 2360. The first-order valence-corrected chi connectivity index (χ1v) is 15.6. The molecule has 0 bridgehead atoms. The predicted molar refractivity (Wildman–Crippen MR) is 188 cm³/mol. The summed E-state index contributed by atoms with van der Waals surface area (Å²) < 4.78 is 8.57. The number of furan rings is 1. The third-order valence-electron chi connectivity index (χ3n) is 9.05. The molecule has 0 fully saturated rings. The number of hydrogen-bond acceptors (Lipinski definition) is 2. The van der Waals surface area contributed by atoms with Gasteiger partial charge in [-0.25, -0.2) is 0 Å². The highest BCUT2D eigenvalue weighted by molar-refractivity contribution is 6.06. The maximum Gasteiger partial charge on any atom is 0.135 e. The average Bonchev–Trinajstić information content (AvgIpc) is 3.65. The highest BCUT2D eigenvalue weighted by Crippen LogP contribution is 2.40. The van der Waals surface area contributed by atoms with Crippen LogP contribution in [0.1, 0.15) is 17.7 Å². The quantitative estimate of drug-likeness (QED) is 0.203. The maximum absolute atomic E-state index is 6.13. The Labute approximate surface area is 261 Å². The number of hydrogen-bond donors (Lipinski definition) is 0. The Balaban J connectivity index is 1.14. The molecule has 0 N–H and O–H groups in total. The van der Waals surface area contributed by atoms with Gasteiger partial charge in [0.15, 0.2) is 0 Å². The third kappa shape index (κ3) is 4.28. The molecule has 1 aliphatic carbocycles. The van der Waals surface area contributed by atoms with Gasteiger partial charge in [-0.2, -0.15) is 0 Å². The summed E-state index contributed by atoms with van der Waals surface area (Å²) in [6.45, 7) is 0. The van der Waals surface area contributed by atoms with Gasteiger partial charge in [0, 0.05) is 50.2 Å². The van der Waals surface area contributed by atoms with E-state index in [1.807, 2.05) is 12.1 Å². The largest absolute Gasteiger partial charge is 0.456 e. The predicted octanol–water partition coefficient (Wildman–Crippen LogP) is 11.6. The van der Waals surface area contributed by atoms with E-state index in [1.165, 1.54) is 39.0 Å². The van der Waals surface area contributed by atoms with Gasteiger partial charge in [-0.3, -0.25) is 0 Å². The summed E-state index contributed by atoms with van der Waals surface area (Å²) in [5, 5.41) is 3.55. The van der Waals surface area contributed by atoms with Gasteiger partial charge in [-0.05, 0) is 96.8 Å². The fraction of sp³-hybridized carbons (Fsp3) is 0.0476. The van der Waals surface area contributed by atoms with E-state index in [-0.39, 0.29) is 0 Å². The Hall–Kier alpha value is -5.80. The molecule has 0 aliphatic heterocycles. The maximum atomic E-state index is 6.13. The van der Waals surface area contributed by atoms with Crippen LogP contribution in [0.25, 0.3) is 55.7 Å². The van der Waals surface area contributed by atoms with E-state index in [1.54, 1.807) is 0 Å². The Morgan fingerprint density at radius 1 is 0.533 bits per heavy atom. The highest BCUT2D eigenvalue weighted by Gasteiger charge is 2.20. The summed E-state index contributed by atoms with van der Waals surface area (Å²) in [5.41, 5.74) is 12.8. The Kier molecular flexibility index (Phi) is 5.95. The number of benzene rings is 6. The molecule has 0 atom stereocenters. The number of para-hydroxylation sites is 3. The minimum absolute atomic E-state index is 0.900. The lowest BCUT2D eigenvalue weighted by Gasteiger charge is -2.25. The van der Waals surface area contributed by atoms with Crippen molar-refractivity contribution in [1.29, 1.82) is 0 Å². The second-order valence-corrected chi connectivity index (χ2v) is 11.7. The van der Waals surface area contributed by atoms with Gasteiger partial charge in [-0.1, -0.05) is 84.9 Å². The first-order valence-electron chi connectivity index (χ1n) is 15.6. The van der Waals surface area contributed by atoms with Crippen molar-refractivity contribution >= 4 is 56.0 Å². The van der Waals surface area contributed by atoms with E-state index in [2.05, 4.69) is 155 Å². The molecule has 0 amide bonds. The van der Waals surface area contributed by atoms with E-state index in [9.17, 15) is 0 Å². The molecule has 2 heterocycles. The second-order valence-electron chi connectivity index (χ2n) is 11.7. The second kappa shape index (κ2) is 10.4. The molecule has 0 unspecified atom stereocenters. The molecule has 0 radical (unpaired) electrons. The molecule has 0 saturated heterocycles. The summed E-state index contributed by atoms with van der Waals surface area (Å²) >= 11 is 0. The summed E-state index contributed by atoms with van der Waals surface area (Å²) in [4.78, 5) is 2.31. The van der Waals surface area contributed by atoms with Crippen molar-refractivity contribution in [3.05, 3.63) is 163 Å². The van der Waals surface area contributed by atoms with E-state index >= 15 is 0 Å². The zero-order valence-electron chi connectivity index (χ0n) is 24.7. The van der Waals surface area contributed by atoms with E-state index in [4.69, 9.17) is 4.42 Å². The van der Waals surface area contributed by atoms with E-state index in [0.717, 1.165) is 51.8 Å². The third-order valence-corrected chi connectivity index (χ3v) is 9.05. The van der Waals surface area contributed by atoms with Crippen LogP contribution in [0.4, 0.5) is 17.1 Å². The van der Waals surface area contributed by atoms with Gasteiger partial charge >= 0.3 is 0 Å². The molecule has 9 rings (SSSR count). The summed E-state index contributed by atoms with van der Waals surface area (Å²) in [7, 11) is 0. The molecule has 3 heteroatoms. The molecule has 6 aromatic carbocycles. The molecule has 0 saturated carbocycles. The smallest absolute Gasteiger partial charge is 0.135 e. The van der Waals surface area contributed by atoms with Gasteiger partial charge < -0.3 is 13.9 Å². The highest BCUT2D eigenvalue weighted by atomic mass is 16.3. The van der Waals surface area contributed by atoms with Crippen molar-refractivity contribution in [3.8, 4) is 16.8 Å². The normalized spacial score (nSPS) is 12.6. The molecule has 8 aromatic rings. The number of anilines is 3. The lowest BCUT2D eigenvalue weighted by molar-refractivity contribution is 0.669. The zero-order valence-corrected chi connectivity index (χ0v) is 24.7. The molecule has 214 valence electrons. The topological polar surface area (TPSA) is 21.3 Å². The van der Waals surface area contributed by atoms with Crippen molar-refractivity contribution < 1.29 is 4.42 Å². The van der Waals surface area contributed by atoms with Crippen LogP contribution in [-0.2, 0) is 6.42 Å². The molecular formula is C42H30N2O. The van der Waals surface area contributed by atoms with Crippen molar-refractivity contribution in [2.45, 2.75) is 12.8 Å². The zero-order chi connectivity index (χ0) is 29.7. The number of aromatic nitrogens is 1. The van der Waals surface area contributed by atoms with Crippen LogP contribution in [0.5, 0.6) is 0 Å².